The summed E-state index contributed by atoms with van der Waals surface area (Å²) in [5.74, 6) is -0.213. The molecular weight excluding hydrogens is 311 g/mol. The van der Waals surface area contributed by atoms with Gasteiger partial charge in [-0.2, -0.15) is 5.10 Å². The lowest BCUT2D eigenvalue weighted by Gasteiger charge is -2.13. The third kappa shape index (κ3) is 2.02. The number of nitrogens with zero attached hydrogens (tertiary/aromatic N) is 2. The monoisotopic (exact) mass is 322 g/mol. The van der Waals surface area contributed by atoms with Gasteiger partial charge in [0.05, 0.1) is 15.9 Å². The van der Waals surface area contributed by atoms with E-state index < -0.39 is 0 Å². The lowest BCUT2D eigenvalue weighted by molar-refractivity contribution is 0.0965. The Morgan fingerprint density at radius 1 is 1.37 bits per heavy atom. The zero-order chi connectivity index (χ0) is 13.6. The third-order valence-corrected chi connectivity index (χ3v) is 4.03. The molecular formula is C14H12BrFN2O. The molecule has 0 atom stereocenters. The molecule has 1 aromatic carbocycles. The fourth-order valence-electron chi connectivity index (χ4n) is 2.49. The second kappa shape index (κ2) is 4.56. The number of carbonyl (C=O) groups is 1. The van der Waals surface area contributed by atoms with Crippen LogP contribution in [0.3, 0.4) is 0 Å². The fourth-order valence-corrected chi connectivity index (χ4v) is 2.86. The number of hydrogen-bond donors (Lipinski definition) is 0. The molecule has 0 amide bonds. The summed E-state index contributed by atoms with van der Waals surface area (Å²) in [6, 6.07) is 4.65. The first-order valence-corrected chi connectivity index (χ1v) is 6.94. The van der Waals surface area contributed by atoms with E-state index >= 15 is 0 Å². The summed E-state index contributed by atoms with van der Waals surface area (Å²) in [6.07, 6.45) is 2.32. The summed E-state index contributed by atoms with van der Waals surface area (Å²) in [4.78, 5) is 12.1. The highest BCUT2D eigenvalue weighted by Crippen LogP contribution is 2.28. The Labute approximate surface area is 118 Å². The average Bonchev–Trinajstić information content (AvgIpc) is 2.72. The van der Waals surface area contributed by atoms with Gasteiger partial charge in [-0.25, -0.2) is 9.07 Å². The van der Waals surface area contributed by atoms with Crippen molar-refractivity contribution in [2.45, 2.75) is 26.2 Å². The summed E-state index contributed by atoms with van der Waals surface area (Å²) in [7, 11) is 0. The van der Waals surface area contributed by atoms with Crippen molar-refractivity contribution in [3.8, 4) is 5.69 Å². The van der Waals surface area contributed by atoms with E-state index in [-0.39, 0.29) is 11.6 Å². The van der Waals surface area contributed by atoms with Crippen LogP contribution in [-0.2, 0) is 6.42 Å². The Hall–Kier alpha value is -1.49. The maximum absolute atomic E-state index is 13.3. The first-order valence-electron chi connectivity index (χ1n) is 6.15. The van der Waals surface area contributed by atoms with Gasteiger partial charge in [0.2, 0.25) is 0 Å². The van der Waals surface area contributed by atoms with Gasteiger partial charge >= 0.3 is 0 Å². The van der Waals surface area contributed by atoms with Crippen molar-refractivity contribution in [1.82, 2.24) is 9.78 Å². The average molecular weight is 323 g/mol. The lowest BCUT2D eigenvalue weighted by atomic mass is 9.95. The number of halogens is 2. The molecule has 1 aromatic heterocycles. The summed E-state index contributed by atoms with van der Waals surface area (Å²) < 4.78 is 15.3. The first kappa shape index (κ1) is 12.5. The van der Waals surface area contributed by atoms with Crippen LogP contribution in [0.2, 0.25) is 0 Å². The van der Waals surface area contributed by atoms with E-state index in [9.17, 15) is 9.18 Å². The largest absolute Gasteiger partial charge is 0.292 e. The molecule has 0 unspecified atom stereocenters. The standard InChI is InChI=1S/C14H12BrFN2O/c1-8-10-3-2-4-13(19)14(10)18(17-8)9-5-6-12(16)11(15)7-9/h5-7H,2-4H2,1H3. The molecule has 0 saturated heterocycles. The van der Waals surface area contributed by atoms with Gasteiger partial charge in [0.1, 0.15) is 11.5 Å². The number of ketones is 1. The molecule has 1 aliphatic rings. The van der Waals surface area contributed by atoms with Gasteiger partial charge in [0.15, 0.2) is 5.78 Å². The number of rotatable bonds is 1. The number of benzene rings is 1. The molecule has 1 heterocycles. The Bertz CT molecular complexity index is 678. The second-order valence-corrected chi connectivity index (χ2v) is 5.55. The van der Waals surface area contributed by atoms with Crippen LogP contribution in [-0.4, -0.2) is 15.6 Å². The Morgan fingerprint density at radius 3 is 2.89 bits per heavy atom. The number of aryl methyl sites for hydroxylation is 1. The topological polar surface area (TPSA) is 34.9 Å². The van der Waals surface area contributed by atoms with Crippen molar-refractivity contribution < 1.29 is 9.18 Å². The third-order valence-electron chi connectivity index (χ3n) is 3.43. The van der Waals surface area contributed by atoms with Crippen LogP contribution >= 0.6 is 15.9 Å². The molecule has 0 fully saturated rings. The highest BCUT2D eigenvalue weighted by molar-refractivity contribution is 9.10. The number of hydrogen-bond acceptors (Lipinski definition) is 2. The van der Waals surface area contributed by atoms with Gasteiger partial charge in [-0.15, -0.1) is 0 Å². The first-order chi connectivity index (χ1) is 9.08. The van der Waals surface area contributed by atoms with Crippen molar-refractivity contribution in [3.63, 3.8) is 0 Å². The molecule has 0 saturated carbocycles. The minimum Gasteiger partial charge on any atom is -0.292 e. The van der Waals surface area contributed by atoms with Gasteiger partial charge in [0, 0.05) is 12.0 Å². The Balaban J connectivity index is 2.20. The quantitative estimate of drug-likeness (QED) is 0.804. The Morgan fingerprint density at radius 2 is 2.16 bits per heavy atom. The minimum absolute atomic E-state index is 0.113. The predicted octanol–water partition coefficient (Wildman–Crippen LogP) is 3.60. The molecule has 1 aliphatic carbocycles. The summed E-state index contributed by atoms with van der Waals surface area (Å²) in [5.41, 5.74) is 3.26. The van der Waals surface area contributed by atoms with E-state index in [2.05, 4.69) is 21.0 Å². The van der Waals surface area contributed by atoms with Crippen LogP contribution in [0, 0.1) is 12.7 Å². The van der Waals surface area contributed by atoms with E-state index in [1.165, 1.54) is 6.07 Å². The highest BCUT2D eigenvalue weighted by atomic mass is 79.9. The van der Waals surface area contributed by atoms with E-state index in [1.54, 1.807) is 16.8 Å². The van der Waals surface area contributed by atoms with Crippen molar-refractivity contribution >= 4 is 21.7 Å². The van der Waals surface area contributed by atoms with E-state index in [4.69, 9.17) is 0 Å². The van der Waals surface area contributed by atoms with Gasteiger partial charge < -0.3 is 0 Å². The number of Topliss-reactive ketones (excluding diaryl/α,β-unsaturated/α-hetero) is 1. The normalized spacial score (nSPS) is 14.6. The van der Waals surface area contributed by atoms with Gasteiger partial charge in [-0.05, 0) is 53.9 Å². The molecule has 3 nitrogen and oxygen atoms in total. The summed E-state index contributed by atoms with van der Waals surface area (Å²) in [5, 5.41) is 4.44. The van der Waals surface area contributed by atoms with Crippen LogP contribution in [0.1, 0.15) is 34.6 Å². The highest BCUT2D eigenvalue weighted by Gasteiger charge is 2.25. The molecule has 5 heteroatoms. The lowest BCUT2D eigenvalue weighted by Crippen LogP contribution is -2.15. The SMILES string of the molecule is Cc1nn(-c2ccc(F)c(Br)c2)c2c1CCCC2=O. The maximum atomic E-state index is 13.3. The van der Waals surface area contributed by atoms with Gasteiger partial charge in [-0.3, -0.25) is 4.79 Å². The van der Waals surface area contributed by atoms with Crippen LogP contribution in [0.5, 0.6) is 0 Å². The van der Waals surface area contributed by atoms with Crippen molar-refractivity contribution in [3.05, 3.63) is 45.4 Å². The fraction of sp³-hybridized carbons (Fsp3) is 0.286. The summed E-state index contributed by atoms with van der Waals surface area (Å²) >= 11 is 3.16. The van der Waals surface area contributed by atoms with E-state index in [0.29, 0.717) is 22.3 Å². The zero-order valence-electron chi connectivity index (χ0n) is 10.4. The van der Waals surface area contributed by atoms with Crippen LogP contribution < -0.4 is 0 Å². The molecule has 3 rings (SSSR count). The molecule has 19 heavy (non-hydrogen) atoms. The van der Waals surface area contributed by atoms with Crippen LogP contribution in [0.4, 0.5) is 4.39 Å². The molecule has 0 spiro atoms. The van der Waals surface area contributed by atoms with Crippen LogP contribution in [0.15, 0.2) is 22.7 Å². The molecule has 2 aromatic rings. The number of aromatic nitrogens is 2. The van der Waals surface area contributed by atoms with E-state index in [1.807, 2.05) is 6.92 Å². The van der Waals surface area contributed by atoms with Crippen LogP contribution in [0.25, 0.3) is 5.69 Å². The summed E-state index contributed by atoms with van der Waals surface area (Å²) in [6.45, 7) is 1.91. The maximum Gasteiger partial charge on any atom is 0.181 e. The second-order valence-electron chi connectivity index (χ2n) is 4.70. The Kier molecular flexibility index (Phi) is 3.01. The molecule has 0 aliphatic heterocycles. The predicted molar refractivity (Wildman–Crippen MR) is 73.2 cm³/mol. The van der Waals surface area contributed by atoms with Gasteiger partial charge in [0.25, 0.3) is 0 Å². The zero-order valence-corrected chi connectivity index (χ0v) is 12.0. The number of carbonyl (C=O) groups excluding carboxylic acids is 1. The van der Waals surface area contributed by atoms with Crippen molar-refractivity contribution in [1.29, 1.82) is 0 Å². The molecule has 0 N–H and O–H groups in total. The van der Waals surface area contributed by atoms with Gasteiger partial charge in [-0.1, -0.05) is 0 Å². The van der Waals surface area contributed by atoms with Crippen molar-refractivity contribution in [2.75, 3.05) is 0 Å². The minimum atomic E-state index is -0.326. The number of fused-ring (bicyclic) bond motifs is 1. The van der Waals surface area contributed by atoms with E-state index in [0.717, 1.165) is 24.1 Å². The van der Waals surface area contributed by atoms with Crippen molar-refractivity contribution in [2.24, 2.45) is 0 Å². The molecule has 0 radical (unpaired) electrons. The molecule has 0 bridgehead atoms. The molecule has 98 valence electrons. The smallest absolute Gasteiger partial charge is 0.181 e.